The van der Waals surface area contributed by atoms with Gasteiger partial charge in [0.15, 0.2) is 0 Å². The molecule has 0 unspecified atom stereocenters. The van der Waals surface area contributed by atoms with Crippen molar-refractivity contribution in [3.63, 3.8) is 0 Å². The molecular formula is C44H50ClFN6O6S. The lowest BCUT2D eigenvalue weighted by molar-refractivity contribution is -0.384. The molecule has 7 rings (SSSR count). The molecule has 1 amide bonds. The first kappa shape index (κ1) is 42.1. The number of carbonyl (C=O) groups excluding carboxylic acids is 1. The molecule has 4 aromatic rings. The maximum Gasteiger partial charge on any atom is 0.293 e. The van der Waals surface area contributed by atoms with Crippen LogP contribution in [0.1, 0.15) is 61.9 Å². The highest BCUT2D eigenvalue weighted by Crippen LogP contribution is 2.43. The van der Waals surface area contributed by atoms with E-state index in [0.29, 0.717) is 13.1 Å². The molecule has 15 heteroatoms. The highest BCUT2D eigenvalue weighted by Gasteiger charge is 2.31. The highest BCUT2D eigenvalue weighted by atomic mass is 35.5. The molecule has 312 valence electrons. The van der Waals surface area contributed by atoms with E-state index in [1.807, 2.05) is 19.2 Å². The lowest BCUT2D eigenvalue weighted by Gasteiger charge is -2.39. The first-order chi connectivity index (χ1) is 28.1. The van der Waals surface area contributed by atoms with Gasteiger partial charge in [0, 0.05) is 61.6 Å². The molecule has 2 aliphatic heterocycles. The molecule has 2 heterocycles. The third-order valence-corrected chi connectivity index (χ3v) is 13.1. The molecule has 12 nitrogen and oxygen atoms in total. The van der Waals surface area contributed by atoms with E-state index in [0.717, 1.165) is 81.6 Å². The predicted molar refractivity (Wildman–Crippen MR) is 229 cm³/mol. The number of ether oxygens (including phenoxy) is 1. The summed E-state index contributed by atoms with van der Waals surface area (Å²) in [6, 6.07) is 21.9. The molecule has 0 atom stereocenters. The van der Waals surface area contributed by atoms with Gasteiger partial charge in [0.25, 0.3) is 21.6 Å². The molecule has 4 aromatic carbocycles. The van der Waals surface area contributed by atoms with Gasteiger partial charge in [-0.25, -0.2) is 17.5 Å². The predicted octanol–water partition coefficient (Wildman–Crippen LogP) is 8.59. The van der Waals surface area contributed by atoms with E-state index in [-0.39, 0.29) is 34.2 Å². The first-order valence-corrected chi connectivity index (χ1v) is 21.8. The topological polar surface area (TPSA) is 137 Å². The van der Waals surface area contributed by atoms with Crippen molar-refractivity contribution in [2.45, 2.75) is 56.9 Å². The minimum absolute atomic E-state index is 0.000524. The second-order valence-electron chi connectivity index (χ2n) is 16.5. The van der Waals surface area contributed by atoms with Crippen LogP contribution in [0.5, 0.6) is 11.5 Å². The summed E-state index contributed by atoms with van der Waals surface area (Å²) in [4.78, 5) is 31.6. The minimum Gasteiger partial charge on any atom is -0.456 e. The standard InChI is InChI=1S/C44H50ClFN6O6S/c1-44(2)19-16-31(39(28-44)30-4-6-32(45)7-5-30)29-50-22-24-51(25-23-50)35-10-14-38(42(26-35)58-36-11-8-33(46)9-12-36)43(53)48-59(56,57)37-13-15-40(41(27-37)52(54)55)47-34-17-20-49(3)21-18-34/h4-15,26-27,34,47H,16-25,28-29H2,1-3H3,(H,48,53). The number of nitrogens with one attached hydrogen (secondary N) is 2. The summed E-state index contributed by atoms with van der Waals surface area (Å²) >= 11 is 6.22. The van der Waals surface area contributed by atoms with E-state index in [1.54, 1.807) is 12.1 Å². The maximum absolute atomic E-state index is 13.8. The molecule has 1 aliphatic carbocycles. The summed E-state index contributed by atoms with van der Waals surface area (Å²) in [6.07, 6.45) is 4.73. The number of hydrogen-bond donors (Lipinski definition) is 2. The van der Waals surface area contributed by atoms with Crippen molar-refractivity contribution in [2.24, 2.45) is 5.41 Å². The van der Waals surface area contributed by atoms with Crippen molar-refractivity contribution >= 4 is 50.2 Å². The zero-order valence-electron chi connectivity index (χ0n) is 33.5. The molecule has 59 heavy (non-hydrogen) atoms. The van der Waals surface area contributed by atoms with Crippen molar-refractivity contribution in [2.75, 3.05) is 63.1 Å². The van der Waals surface area contributed by atoms with Gasteiger partial charge in [0.1, 0.15) is 23.0 Å². The van der Waals surface area contributed by atoms with Crippen LogP contribution in [-0.4, -0.2) is 88.0 Å². The second-order valence-corrected chi connectivity index (χ2v) is 18.6. The molecule has 0 radical (unpaired) electrons. The van der Waals surface area contributed by atoms with E-state index >= 15 is 0 Å². The minimum atomic E-state index is -4.56. The van der Waals surface area contributed by atoms with Crippen LogP contribution in [-0.2, 0) is 10.0 Å². The Morgan fingerprint density at radius 1 is 0.949 bits per heavy atom. The van der Waals surface area contributed by atoms with Gasteiger partial charge in [-0.1, -0.05) is 43.2 Å². The number of halogens is 2. The van der Waals surface area contributed by atoms with Crippen LogP contribution >= 0.6 is 11.6 Å². The van der Waals surface area contributed by atoms with Gasteiger partial charge >= 0.3 is 0 Å². The Bertz CT molecular complexity index is 2320. The summed E-state index contributed by atoms with van der Waals surface area (Å²) in [5, 5.41) is 16.0. The number of piperazine rings is 1. The Kier molecular flexibility index (Phi) is 12.6. The number of amides is 1. The van der Waals surface area contributed by atoms with Gasteiger partial charge < -0.3 is 19.9 Å². The van der Waals surface area contributed by atoms with Gasteiger partial charge in [-0.3, -0.25) is 19.8 Å². The second kappa shape index (κ2) is 17.7. The Morgan fingerprint density at radius 2 is 1.64 bits per heavy atom. The number of rotatable bonds is 12. The van der Waals surface area contributed by atoms with Gasteiger partial charge in [0.05, 0.1) is 15.4 Å². The van der Waals surface area contributed by atoms with Crippen molar-refractivity contribution in [1.82, 2.24) is 14.5 Å². The van der Waals surface area contributed by atoms with E-state index in [4.69, 9.17) is 16.3 Å². The molecule has 2 N–H and O–H groups in total. The van der Waals surface area contributed by atoms with Gasteiger partial charge in [-0.15, -0.1) is 0 Å². The van der Waals surface area contributed by atoms with Crippen molar-refractivity contribution in [1.29, 1.82) is 0 Å². The number of nitro benzene ring substituents is 1. The van der Waals surface area contributed by atoms with Crippen LogP contribution in [0, 0.1) is 21.3 Å². The number of allylic oxidation sites excluding steroid dienone is 1. The van der Waals surface area contributed by atoms with Crippen LogP contribution in [0.4, 0.5) is 21.5 Å². The average Bonchev–Trinajstić information content (AvgIpc) is 3.20. The number of carbonyl (C=O) groups is 1. The number of piperidine rings is 1. The first-order valence-electron chi connectivity index (χ1n) is 19.9. The number of nitrogens with zero attached hydrogens (tertiary/aromatic N) is 4. The van der Waals surface area contributed by atoms with Crippen LogP contribution in [0.15, 0.2) is 95.4 Å². The molecule has 0 bridgehead atoms. The Morgan fingerprint density at radius 3 is 2.32 bits per heavy atom. The van der Waals surface area contributed by atoms with Crippen LogP contribution in [0.3, 0.4) is 0 Å². The number of anilines is 2. The van der Waals surface area contributed by atoms with Gasteiger partial charge in [-0.05, 0) is 129 Å². The average molecular weight is 845 g/mol. The molecule has 2 saturated heterocycles. The third-order valence-electron chi connectivity index (χ3n) is 11.6. The Hall–Kier alpha value is -5.02. The fraction of sp³-hybridized carbons (Fsp3) is 0.386. The lowest BCUT2D eigenvalue weighted by atomic mass is 9.72. The van der Waals surface area contributed by atoms with E-state index in [9.17, 15) is 27.7 Å². The molecule has 3 aliphatic rings. The fourth-order valence-corrected chi connectivity index (χ4v) is 9.18. The zero-order chi connectivity index (χ0) is 41.9. The van der Waals surface area contributed by atoms with Crippen molar-refractivity contribution < 1.29 is 27.3 Å². The van der Waals surface area contributed by atoms with Crippen LogP contribution in [0.25, 0.3) is 5.57 Å². The summed E-state index contributed by atoms with van der Waals surface area (Å²) < 4.78 is 49.2. The van der Waals surface area contributed by atoms with Crippen molar-refractivity contribution in [3.8, 4) is 11.5 Å². The van der Waals surface area contributed by atoms with Crippen molar-refractivity contribution in [3.05, 3.63) is 123 Å². The molecular weight excluding hydrogens is 795 g/mol. The molecule has 0 saturated carbocycles. The molecule has 0 spiro atoms. The number of likely N-dealkylation sites (tertiary alicyclic amines) is 1. The zero-order valence-corrected chi connectivity index (χ0v) is 35.1. The SMILES string of the molecule is CN1CCC(Nc2ccc(S(=O)(=O)NC(=O)c3ccc(N4CCN(CC5=C(c6ccc(Cl)cc6)CC(C)(C)CC5)CC4)cc3Oc3ccc(F)cc3)cc2[N+](=O)[O-])CC1. The van der Waals surface area contributed by atoms with Gasteiger partial charge in [0.2, 0.25) is 0 Å². The van der Waals surface area contributed by atoms with E-state index in [1.165, 1.54) is 59.2 Å². The Labute approximate surface area is 350 Å². The summed E-state index contributed by atoms with van der Waals surface area (Å²) in [7, 11) is -2.55. The van der Waals surface area contributed by atoms with Crippen LogP contribution < -0.4 is 19.7 Å². The van der Waals surface area contributed by atoms with E-state index in [2.05, 4.69) is 50.7 Å². The smallest absolute Gasteiger partial charge is 0.293 e. The van der Waals surface area contributed by atoms with E-state index < -0.39 is 37.3 Å². The molecule has 0 aromatic heterocycles. The van der Waals surface area contributed by atoms with Crippen LogP contribution in [0.2, 0.25) is 5.02 Å². The summed E-state index contributed by atoms with van der Waals surface area (Å²) in [5.41, 5.74) is 4.76. The number of nitro groups is 1. The largest absolute Gasteiger partial charge is 0.456 e. The third kappa shape index (κ3) is 10.4. The maximum atomic E-state index is 13.8. The normalized spacial score (nSPS) is 18.1. The highest BCUT2D eigenvalue weighted by molar-refractivity contribution is 7.90. The number of benzene rings is 4. The fourth-order valence-electron chi connectivity index (χ4n) is 8.07. The molecule has 2 fully saturated rings. The lowest BCUT2D eigenvalue weighted by Crippen LogP contribution is -2.47. The Balaban J connectivity index is 1.08. The van der Waals surface area contributed by atoms with Gasteiger partial charge in [-0.2, -0.15) is 0 Å². The quantitative estimate of drug-likeness (QED) is 0.105. The number of sulfonamides is 1. The monoisotopic (exact) mass is 844 g/mol. The summed E-state index contributed by atoms with van der Waals surface area (Å²) in [5.74, 6) is -1.15. The summed E-state index contributed by atoms with van der Waals surface area (Å²) in [6.45, 7) is 10.2. The number of hydrogen-bond acceptors (Lipinski definition) is 10.